The molecule has 0 aliphatic heterocycles. The molecule has 0 unspecified atom stereocenters. The Kier molecular flexibility index (Phi) is 6.43. The summed E-state index contributed by atoms with van der Waals surface area (Å²) in [6.07, 6.45) is 0.237. The quantitative estimate of drug-likeness (QED) is 0.501. The average Bonchev–Trinajstić information content (AvgIpc) is 3.07. The van der Waals surface area contributed by atoms with Crippen LogP contribution >= 0.6 is 46.6 Å². The molecule has 1 amide bonds. The molecule has 3 rings (SSSR count). The van der Waals surface area contributed by atoms with Crippen LogP contribution in [0.2, 0.25) is 15.1 Å². The van der Waals surface area contributed by atoms with Crippen molar-refractivity contribution in [2.24, 2.45) is 0 Å². The Balaban J connectivity index is 1.53. The van der Waals surface area contributed by atoms with E-state index in [9.17, 15) is 4.79 Å². The van der Waals surface area contributed by atoms with Gasteiger partial charge >= 0.3 is 0 Å². The number of hydrogen-bond acceptors (Lipinski definition) is 5. The van der Waals surface area contributed by atoms with Crippen LogP contribution in [0, 0.1) is 0 Å². The molecule has 0 atom stereocenters. The van der Waals surface area contributed by atoms with Crippen molar-refractivity contribution in [3.63, 3.8) is 0 Å². The normalized spacial score (nSPS) is 10.7. The Labute approximate surface area is 169 Å². The highest BCUT2D eigenvalue weighted by atomic mass is 35.5. The van der Waals surface area contributed by atoms with E-state index < -0.39 is 0 Å². The van der Waals surface area contributed by atoms with Crippen LogP contribution in [0.1, 0.15) is 6.42 Å². The standard InChI is InChI=1S/C17H12Cl3N3O2S/c18-11-4-1-3-10(9-11)16-22-23-17(25-16)26-8-7-14(24)21-15-12(19)5-2-6-13(15)20/h1-6,9H,7-8H2,(H,21,24). The van der Waals surface area contributed by atoms with E-state index in [1.807, 2.05) is 6.07 Å². The fourth-order valence-electron chi connectivity index (χ4n) is 2.06. The van der Waals surface area contributed by atoms with Crippen molar-refractivity contribution in [3.05, 3.63) is 57.5 Å². The zero-order chi connectivity index (χ0) is 18.5. The van der Waals surface area contributed by atoms with Gasteiger partial charge in [-0.1, -0.05) is 58.7 Å². The lowest BCUT2D eigenvalue weighted by Crippen LogP contribution is -2.12. The molecule has 1 aromatic heterocycles. The van der Waals surface area contributed by atoms with Crippen molar-refractivity contribution in [2.45, 2.75) is 11.6 Å². The Morgan fingerprint density at radius 1 is 1.08 bits per heavy atom. The average molecular weight is 429 g/mol. The van der Waals surface area contributed by atoms with E-state index in [-0.39, 0.29) is 12.3 Å². The number of benzene rings is 2. The molecule has 0 saturated carbocycles. The van der Waals surface area contributed by atoms with Gasteiger partial charge < -0.3 is 9.73 Å². The van der Waals surface area contributed by atoms with E-state index in [1.165, 1.54) is 11.8 Å². The smallest absolute Gasteiger partial charge is 0.276 e. The van der Waals surface area contributed by atoms with Crippen molar-refractivity contribution < 1.29 is 9.21 Å². The SMILES string of the molecule is O=C(CCSc1nnc(-c2cccc(Cl)c2)o1)Nc1c(Cl)cccc1Cl. The first-order valence-corrected chi connectivity index (χ1v) is 9.61. The second kappa shape index (κ2) is 8.77. The van der Waals surface area contributed by atoms with Crippen LogP contribution in [-0.4, -0.2) is 21.9 Å². The van der Waals surface area contributed by atoms with Gasteiger partial charge in [0.1, 0.15) is 0 Å². The van der Waals surface area contributed by atoms with E-state index in [0.717, 1.165) is 5.56 Å². The molecular weight excluding hydrogens is 417 g/mol. The number of thioether (sulfide) groups is 1. The first kappa shape index (κ1) is 19.0. The van der Waals surface area contributed by atoms with Crippen LogP contribution in [0.15, 0.2) is 52.1 Å². The highest BCUT2D eigenvalue weighted by Crippen LogP contribution is 2.30. The largest absolute Gasteiger partial charge is 0.411 e. The van der Waals surface area contributed by atoms with Gasteiger partial charge in [0.2, 0.25) is 11.8 Å². The maximum Gasteiger partial charge on any atom is 0.276 e. The van der Waals surface area contributed by atoms with Crippen molar-refractivity contribution in [1.29, 1.82) is 0 Å². The number of rotatable bonds is 6. The predicted octanol–water partition coefficient (Wildman–Crippen LogP) is 5.82. The fourth-order valence-corrected chi connectivity index (χ4v) is 3.44. The van der Waals surface area contributed by atoms with Crippen molar-refractivity contribution in [3.8, 4) is 11.5 Å². The third kappa shape index (κ3) is 4.92. The van der Waals surface area contributed by atoms with E-state index in [0.29, 0.717) is 37.6 Å². The number of nitrogens with zero attached hydrogens (tertiary/aromatic N) is 2. The van der Waals surface area contributed by atoms with Gasteiger partial charge in [-0.25, -0.2) is 0 Å². The number of para-hydroxylation sites is 1. The molecule has 9 heteroatoms. The fraction of sp³-hybridized carbons (Fsp3) is 0.118. The maximum atomic E-state index is 12.0. The van der Waals surface area contributed by atoms with Gasteiger partial charge in [0, 0.05) is 22.8 Å². The molecule has 5 nitrogen and oxygen atoms in total. The number of hydrogen-bond donors (Lipinski definition) is 1. The van der Waals surface area contributed by atoms with Crippen molar-refractivity contribution in [2.75, 3.05) is 11.1 Å². The van der Waals surface area contributed by atoms with Crippen molar-refractivity contribution >= 4 is 58.2 Å². The third-order valence-electron chi connectivity index (χ3n) is 3.26. The molecule has 2 aromatic carbocycles. The molecule has 134 valence electrons. The number of carbonyl (C=O) groups excluding carboxylic acids is 1. The number of nitrogens with one attached hydrogen (secondary N) is 1. The van der Waals surface area contributed by atoms with Gasteiger partial charge in [-0.3, -0.25) is 4.79 Å². The molecule has 0 saturated heterocycles. The molecular formula is C17H12Cl3N3O2S. The molecule has 0 spiro atoms. The van der Waals surface area contributed by atoms with Crippen LogP contribution < -0.4 is 5.32 Å². The zero-order valence-corrected chi connectivity index (χ0v) is 16.3. The molecule has 0 aliphatic carbocycles. The first-order chi connectivity index (χ1) is 12.5. The first-order valence-electron chi connectivity index (χ1n) is 7.49. The number of halogens is 3. The monoisotopic (exact) mass is 427 g/mol. The summed E-state index contributed by atoms with van der Waals surface area (Å²) in [5, 5.41) is 12.4. The summed E-state index contributed by atoms with van der Waals surface area (Å²) in [4.78, 5) is 12.0. The lowest BCUT2D eigenvalue weighted by molar-refractivity contribution is -0.115. The van der Waals surface area contributed by atoms with Gasteiger partial charge in [-0.2, -0.15) is 0 Å². The number of amides is 1. The van der Waals surface area contributed by atoms with Crippen LogP contribution in [0.25, 0.3) is 11.5 Å². The van der Waals surface area contributed by atoms with Gasteiger partial charge in [-0.05, 0) is 30.3 Å². The third-order valence-corrected chi connectivity index (χ3v) is 4.95. The molecule has 0 bridgehead atoms. The Morgan fingerprint density at radius 3 is 2.54 bits per heavy atom. The lowest BCUT2D eigenvalue weighted by Gasteiger charge is -2.08. The van der Waals surface area contributed by atoms with E-state index >= 15 is 0 Å². The van der Waals surface area contributed by atoms with E-state index in [1.54, 1.807) is 36.4 Å². The molecule has 0 fully saturated rings. The van der Waals surface area contributed by atoms with Gasteiger partial charge in [-0.15, -0.1) is 10.2 Å². The van der Waals surface area contributed by atoms with Crippen LogP contribution in [0.4, 0.5) is 5.69 Å². The number of aromatic nitrogens is 2. The van der Waals surface area contributed by atoms with Gasteiger partial charge in [0.05, 0.1) is 15.7 Å². The molecule has 3 aromatic rings. The van der Waals surface area contributed by atoms with E-state index in [4.69, 9.17) is 39.2 Å². The van der Waals surface area contributed by atoms with Crippen LogP contribution in [-0.2, 0) is 4.79 Å². The minimum atomic E-state index is -0.206. The summed E-state index contributed by atoms with van der Waals surface area (Å²) in [5.74, 6) is 0.634. The summed E-state index contributed by atoms with van der Waals surface area (Å²) in [5.41, 5.74) is 1.15. The molecule has 26 heavy (non-hydrogen) atoms. The lowest BCUT2D eigenvalue weighted by atomic mass is 10.2. The Morgan fingerprint density at radius 2 is 1.81 bits per heavy atom. The number of carbonyl (C=O) groups is 1. The molecule has 1 N–H and O–H groups in total. The summed E-state index contributed by atoms with van der Waals surface area (Å²) in [6, 6.07) is 12.2. The molecule has 0 aliphatic rings. The minimum Gasteiger partial charge on any atom is -0.411 e. The second-order valence-electron chi connectivity index (χ2n) is 5.13. The van der Waals surface area contributed by atoms with E-state index in [2.05, 4.69) is 15.5 Å². The van der Waals surface area contributed by atoms with Gasteiger partial charge in [0.15, 0.2) is 0 Å². The molecule has 1 heterocycles. The van der Waals surface area contributed by atoms with Gasteiger partial charge in [0.25, 0.3) is 5.22 Å². The highest BCUT2D eigenvalue weighted by molar-refractivity contribution is 7.99. The summed E-state index contributed by atoms with van der Waals surface area (Å²) < 4.78 is 5.57. The summed E-state index contributed by atoms with van der Waals surface area (Å²) >= 11 is 19.3. The zero-order valence-electron chi connectivity index (χ0n) is 13.2. The summed E-state index contributed by atoms with van der Waals surface area (Å²) in [7, 11) is 0. The predicted molar refractivity (Wildman–Crippen MR) is 105 cm³/mol. The minimum absolute atomic E-state index is 0.206. The second-order valence-corrected chi connectivity index (χ2v) is 7.42. The topological polar surface area (TPSA) is 68.0 Å². The Hall–Kier alpha value is -1.73. The highest BCUT2D eigenvalue weighted by Gasteiger charge is 2.12. The van der Waals surface area contributed by atoms with Crippen LogP contribution in [0.3, 0.4) is 0 Å². The summed E-state index contributed by atoms with van der Waals surface area (Å²) in [6.45, 7) is 0. The van der Waals surface area contributed by atoms with Crippen molar-refractivity contribution in [1.82, 2.24) is 10.2 Å². The molecule has 0 radical (unpaired) electrons. The maximum absolute atomic E-state index is 12.0. The van der Waals surface area contributed by atoms with Crippen LogP contribution in [0.5, 0.6) is 0 Å². The number of anilines is 1. The Bertz CT molecular complexity index is 913.